The topological polar surface area (TPSA) is 129 Å². The van der Waals surface area contributed by atoms with Gasteiger partial charge in [0.15, 0.2) is 9.84 Å². The monoisotopic (exact) mass is 377 g/mol. The summed E-state index contributed by atoms with van der Waals surface area (Å²) in [6.07, 6.45) is -1.31. The summed E-state index contributed by atoms with van der Waals surface area (Å²) in [5.41, 5.74) is 0.156. The third kappa shape index (κ3) is 3.46. The van der Waals surface area contributed by atoms with Crippen molar-refractivity contribution < 1.29 is 31.8 Å². The number of benzene rings is 1. The maximum absolute atomic E-state index is 12.9. The number of aromatic carboxylic acids is 1. The Kier molecular flexibility index (Phi) is 5.05. The van der Waals surface area contributed by atoms with E-state index in [1.54, 1.807) is 0 Å². The maximum atomic E-state index is 12.9. The van der Waals surface area contributed by atoms with Gasteiger partial charge >= 0.3 is 5.97 Å². The number of aliphatic hydroxyl groups excluding tert-OH is 1. The Morgan fingerprint density at radius 2 is 1.96 bits per heavy atom. The van der Waals surface area contributed by atoms with Gasteiger partial charge in [0, 0.05) is 6.54 Å². The molecule has 0 spiro atoms. The van der Waals surface area contributed by atoms with Crippen molar-refractivity contribution in [3.63, 3.8) is 0 Å². The number of hydrogen-bond acceptors (Lipinski definition) is 6. The van der Waals surface area contributed by atoms with E-state index in [2.05, 4.69) is 0 Å². The van der Waals surface area contributed by atoms with Gasteiger partial charge < -0.3 is 10.2 Å². The second-order valence-corrected chi connectivity index (χ2v) is 9.72. The number of rotatable bonds is 5. The number of sulfone groups is 1. The third-order valence-corrected chi connectivity index (χ3v) is 7.84. The standard InChI is InChI=1S/C14H19NO7S2/c1-3-15(11-7-23(19,20)8-12(11)16)24(21,22)13-6-10(14(17)18)5-4-9(13)2/h4-6,11-12,16H,3,7-8H2,1-2H3,(H,17,18)/t11-,12-/m1/s1. The summed E-state index contributed by atoms with van der Waals surface area (Å²) >= 11 is 0. The normalized spacial score (nSPS) is 23.5. The first-order valence-electron chi connectivity index (χ1n) is 7.24. The first kappa shape index (κ1) is 18.8. The number of hydrogen-bond donors (Lipinski definition) is 2. The first-order valence-corrected chi connectivity index (χ1v) is 10.5. The van der Waals surface area contributed by atoms with Gasteiger partial charge in [0.25, 0.3) is 0 Å². The molecule has 134 valence electrons. The highest BCUT2D eigenvalue weighted by Crippen LogP contribution is 2.27. The van der Waals surface area contributed by atoms with Crippen LogP contribution in [0.15, 0.2) is 23.1 Å². The molecule has 0 aliphatic carbocycles. The minimum absolute atomic E-state index is 0.0453. The Bertz CT molecular complexity index is 861. The zero-order chi connectivity index (χ0) is 18.3. The van der Waals surface area contributed by atoms with Crippen LogP contribution in [0.1, 0.15) is 22.8 Å². The summed E-state index contributed by atoms with van der Waals surface area (Å²) in [6, 6.07) is 2.64. The average molecular weight is 377 g/mol. The summed E-state index contributed by atoms with van der Waals surface area (Å²) in [6.45, 7) is 3.01. The van der Waals surface area contributed by atoms with Crippen LogP contribution in [0.4, 0.5) is 0 Å². The smallest absolute Gasteiger partial charge is 0.335 e. The van der Waals surface area contributed by atoms with Crippen LogP contribution < -0.4 is 0 Å². The first-order chi connectivity index (χ1) is 11.0. The molecule has 1 aromatic carbocycles. The van der Waals surface area contributed by atoms with Gasteiger partial charge in [-0.2, -0.15) is 4.31 Å². The van der Waals surface area contributed by atoms with E-state index in [1.807, 2.05) is 0 Å². The highest BCUT2D eigenvalue weighted by Gasteiger charge is 2.44. The van der Waals surface area contributed by atoms with Crippen molar-refractivity contribution >= 4 is 25.8 Å². The molecule has 1 heterocycles. The molecule has 1 saturated heterocycles. The molecule has 8 nitrogen and oxygen atoms in total. The predicted octanol–water partition coefficient (Wildman–Crippen LogP) is -0.138. The second-order valence-electron chi connectivity index (χ2n) is 5.71. The molecule has 2 rings (SSSR count). The van der Waals surface area contributed by atoms with Crippen molar-refractivity contribution in [2.24, 2.45) is 0 Å². The van der Waals surface area contributed by atoms with Gasteiger partial charge in [-0.3, -0.25) is 0 Å². The van der Waals surface area contributed by atoms with Crippen LogP contribution in [-0.2, 0) is 19.9 Å². The fourth-order valence-electron chi connectivity index (χ4n) is 2.81. The molecule has 24 heavy (non-hydrogen) atoms. The number of aryl methyl sites for hydroxylation is 1. The van der Waals surface area contributed by atoms with E-state index in [9.17, 15) is 26.7 Å². The molecule has 0 amide bonds. The van der Waals surface area contributed by atoms with Crippen molar-refractivity contribution in [1.29, 1.82) is 0 Å². The van der Waals surface area contributed by atoms with E-state index < -0.39 is 49.5 Å². The fraction of sp³-hybridized carbons (Fsp3) is 0.500. The van der Waals surface area contributed by atoms with E-state index in [0.29, 0.717) is 5.56 Å². The fourth-order valence-corrected chi connectivity index (χ4v) is 6.62. The molecule has 1 aromatic rings. The van der Waals surface area contributed by atoms with Crippen LogP contribution in [0.3, 0.4) is 0 Å². The maximum Gasteiger partial charge on any atom is 0.335 e. The van der Waals surface area contributed by atoms with E-state index >= 15 is 0 Å². The lowest BCUT2D eigenvalue weighted by Crippen LogP contribution is -2.46. The van der Waals surface area contributed by atoms with Crippen LogP contribution in [0.25, 0.3) is 0 Å². The van der Waals surface area contributed by atoms with E-state index in [1.165, 1.54) is 26.0 Å². The number of sulfonamides is 1. The summed E-state index contributed by atoms with van der Waals surface area (Å²) in [5.74, 6) is -2.21. The largest absolute Gasteiger partial charge is 0.478 e. The van der Waals surface area contributed by atoms with Gasteiger partial charge in [-0.1, -0.05) is 13.0 Å². The summed E-state index contributed by atoms with van der Waals surface area (Å²) in [5, 5.41) is 19.0. The van der Waals surface area contributed by atoms with E-state index in [4.69, 9.17) is 5.11 Å². The van der Waals surface area contributed by atoms with Crippen molar-refractivity contribution in [2.75, 3.05) is 18.1 Å². The second kappa shape index (κ2) is 6.43. The van der Waals surface area contributed by atoms with Crippen molar-refractivity contribution in [3.05, 3.63) is 29.3 Å². The average Bonchev–Trinajstić information content (AvgIpc) is 2.72. The Morgan fingerprint density at radius 3 is 2.42 bits per heavy atom. The van der Waals surface area contributed by atoms with Crippen molar-refractivity contribution in [2.45, 2.75) is 30.9 Å². The number of likely N-dealkylation sites (N-methyl/N-ethyl adjacent to an activating group) is 1. The van der Waals surface area contributed by atoms with Crippen molar-refractivity contribution in [3.8, 4) is 0 Å². The minimum atomic E-state index is -4.16. The third-order valence-electron chi connectivity index (χ3n) is 4.00. The van der Waals surface area contributed by atoms with Crippen LogP contribution in [0.2, 0.25) is 0 Å². The lowest BCUT2D eigenvalue weighted by molar-refractivity contribution is 0.0696. The molecule has 0 saturated carbocycles. The molecule has 2 N–H and O–H groups in total. The number of carbonyl (C=O) groups is 1. The summed E-state index contributed by atoms with van der Waals surface area (Å²) in [4.78, 5) is 10.9. The Labute approximate surface area is 140 Å². The number of nitrogens with zero attached hydrogens (tertiary/aromatic N) is 1. The molecule has 0 radical (unpaired) electrons. The number of carboxylic acids is 1. The summed E-state index contributed by atoms with van der Waals surface area (Å²) < 4.78 is 50.2. The quantitative estimate of drug-likeness (QED) is 0.731. The molecule has 0 bridgehead atoms. The van der Waals surface area contributed by atoms with Gasteiger partial charge in [0.1, 0.15) is 0 Å². The zero-order valence-corrected chi connectivity index (χ0v) is 14.8. The molecule has 1 aliphatic rings. The highest BCUT2D eigenvalue weighted by atomic mass is 32.2. The lowest BCUT2D eigenvalue weighted by Gasteiger charge is -2.28. The van der Waals surface area contributed by atoms with Gasteiger partial charge in [-0.15, -0.1) is 0 Å². The molecular weight excluding hydrogens is 358 g/mol. The molecule has 10 heteroatoms. The van der Waals surface area contributed by atoms with Crippen molar-refractivity contribution in [1.82, 2.24) is 4.31 Å². The molecule has 0 aromatic heterocycles. The van der Waals surface area contributed by atoms with Crippen LogP contribution >= 0.6 is 0 Å². The Hall–Kier alpha value is -1.49. The van der Waals surface area contributed by atoms with E-state index in [-0.39, 0.29) is 17.0 Å². The molecule has 1 aliphatic heterocycles. The van der Waals surface area contributed by atoms with Gasteiger partial charge in [0.2, 0.25) is 10.0 Å². The van der Waals surface area contributed by atoms with Crippen LogP contribution in [0, 0.1) is 6.92 Å². The predicted molar refractivity (Wildman–Crippen MR) is 86.2 cm³/mol. The molecule has 2 atom stereocenters. The lowest BCUT2D eigenvalue weighted by atomic mass is 10.1. The molecular formula is C14H19NO7S2. The Balaban J connectivity index is 2.52. The van der Waals surface area contributed by atoms with Gasteiger partial charge in [0.05, 0.1) is 34.1 Å². The van der Waals surface area contributed by atoms with E-state index in [0.717, 1.165) is 10.4 Å². The minimum Gasteiger partial charge on any atom is -0.478 e. The van der Waals surface area contributed by atoms with Gasteiger partial charge in [-0.25, -0.2) is 21.6 Å². The molecule has 1 fully saturated rings. The van der Waals surface area contributed by atoms with Crippen LogP contribution in [0.5, 0.6) is 0 Å². The zero-order valence-electron chi connectivity index (χ0n) is 13.2. The van der Waals surface area contributed by atoms with Crippen LogP contribution in [-0.4, -0.2) is 67.5 Å². The Morgan fingerprint density at radius 1 is 1.33 bits per heavy atom. The highest BCUT2D eigenvalue weighted by molar-refractivity contribution is 7.92. The number of aliphatic hydroxyl groups is 1. The molecule has 0 unspecified atom stereocenters. The van der Waals surface area contributed by atoms with Gasteiger partial charge in [-0.05, 0) is 24.6 Å². The number of carboxylic acid groups (broad SMARTS) is 1. The SMILES string of the molecule is CCN([C@@H]1CS(=O)(=O)C[C@H]1O)S(=O)(=O)c1cc(C(=O)O)ccc1C. The summed E-state index contributed by atoms with van der Waals surface area (Å²) in [7, 11) is -7.68.